The Balaban J connectivity index is 2.34. The second-order valence-corrected chi connectivity index (χ2v) is 5.98. The van der Waals surface area contributed by atoms with Crippen molar-refractivity contribution in [1.82, 2.24) is 4.90 Å². The average Bonchev–Trinajstić information content (AvgIpc) is 2.68. The largest absolute Gasteiger partial charge is 0.491 e. The van der Waals surface area contributed by atoms with Crippen molar-refractivity contribution >= 4 is 52.2 Å². The highest BCUT2D eigenvalue weighted by molar-refractivity contribution is 8.18. The molecule has 0 N–H and O–H groups in total. The molecule has 2 amide bonds. The Morgan fingerprint density at radius 2 is 1.86 bits per heavy atom. The van der Waals surface area contributed by atoms with Crippen molar-refractivity contribution < 1.29 is 14.3 Å². The molecular weight excluding hydrogens is 333 g/mol. The lowest BCUT2D eigenvalue weighted by Crippen LogP contribution is -2.27. The van der Waals surface area contributed by atoms with Gasteiger partial charge in [-0.25, -0.2) is 0 Å². The number of carbonyl (C=O) groups excluding carboxylic acids is 2. The predicted octanol–water partition coefficient (Wildman–Crippen LogP) is 4.45. The highest BCUT2D eigenvalue weighted by Crippen LogP contribution is 2.37. The van der Waals surface area contributed by atoms with Gasteiger partial charge in [0.05, 0.1) is 21.6 Å². The number of imide groups is 1. The van der Waals surface area contributed by atoms with Gasteiger partial charge in [-0.1, -0.05) is 23.2 Å². The first kappa shape index (κ1) is 16.2. The number of likely N-dealkylation sites (N-methyl/N-ethyl adjacent to an activating group) is 1. The van der Waals surface area contributed by atoms with E-state index in [1.807, 2.05) is 6.92 Å². The number of nitrogens with zero attached hydrogens (tertiary/aromatic N) is 1. The topological polar surface area (TPSA) is 46.6 Å². The fraction of sp³-hybridized carbons (Fsp3) is 0.286. The Hall–Kier alpha value is -1.17. The third-order valence-corrected chi connectivity index (χ3v) is 4.27. The molecule has 1 saturated heterocycles. The molecule has 0 aromatic heterocycles. The van der Waals surface area contributed by atoms with Crippen LogP contribution in [0, 0.1) is 0 Å². The number of halogens is 2. The van der Waals surface area contributed by atoms with Gasteiger partial charge in [-0.2, -0.15) is 0 Å². The summed E-state index contributed by atoms with van der Waals surface area (Å²) in [5, 5.41) is 0.465. The molecule has 112 valence electrons. The Bertz CT molecular complexity index is 608. The third kappa shape index (κ3) is 3.36. The minimum Gasteiger partial charge on any atom is -0.491 e. The van der Waals surface area contributed by atoms with Crippen LogP contribution in [0.1, 0.15) is 19.4 Å². The van der Waals surface area contributed by atoms with Crippen LogP contribution < -0.4 is 4.74 Å². The molecule has 7 heteroatoms. The van der Waals surface area contributed by atoms with E-state index in [0.717, 1.165) is 11.8 Å². The number of thioether (sulfide) groups is 1. The summed E-state index contributed by atoms with van der Waals surface area (Å²) in [6, 6.07) is 3.30. The van der Waals surface area contributed by atoms with Crippen LogP contribution in [0.4, 0.5) is 4.79 Å². The molecule has 0 spiro atoms. The molecule has 0 radical (unpaired) electrons. The molecule has 2 rings (SSSR count). The molecule has 1 aromatic carbocycles. The van der Waals surface area contributed by atoms with E-state index in [1.54, 1.807) is 25.1 Å². The highest BCUT2D eigenvalue weighted by Gasteiger charge is 2.33. The quantitative estimate of drug-likeness (QED) is 0.756. The maximum absolute atomic E-state index is 12.0. The van der Waals surface area contributed by atoms with Gasteiger partial charge in [0, 0.05) is 6.54 Å². The van der Waals surface area contributed by atoms with Crippen molar-refractivity contribution in [3.8, 4) is 5.75 Å². The van der Waals surface area contributed by atoms with Gasteiger partial charge in [0.25, 0.3) is 11.1 Å². The Morgan fingerprint density at radius 3 is 2.33 bits per heavy atom. The molecule has 1 aromatic rings. The second kappa shape index (κ2) is 6.73. The lowest BCUT2D eigenvalue weighted by atomic mass is 10.2. The average molecular weight is 346 g/mol. The smallest absolute Gasteiger partial charge is 0.293 e. The van der Waals surface area contributed by atoms with Crippen LogP contribution in [0.25, 0.3) is 6.08 Å². The fourth-order valence-corrected chi connectivity index (χ4v) is 3.38. The first-order valence-electron chi connectivity index (χ1n) is 6.35. The number of benzene rings is 1. The van der Waals surface area contributed by atoms with E-state index in [1.165, 1.54) is 4.90 Å². The summed E-state index contributed by atoms with van der Waals surface area (Å²) >= 11 is 13.1. The Kier molecular flexibility index (Phi) is 5.19. The maximum atomic E-state index is 12.0. The molecule has 1 aliphatic heterocycles. The van der Waals surface area contributed by atoms with E-state index in [-0.39, 0.29) is 11.1 Å². The van der Waals surface area contributed by atoms with Crippen molar-refractivity contribution in [1.29, 1.82) is 0 Å². The summed E-state index contributed by atoms with van der Waals surface area (Å²) in [4.78, 5) is 25.2. The number of hydrogen-bond donors (Lipinski definition) is 0. The van der Waals surface area contributed by atoms with E-state index < -0.39 is 0 Å². The Labute approximate surface area is 137 Å². The second-order valence-electron chi connectivity index (χ2n) is 4.17. The minimum atomic E-state index is -0.298. The van der Waals surface area contributed by atoms with Crippen molar-refractivity contribution in [2.75, 3.05) is 13.2 Å². The standard InChI is InChI=1S/C14H13Cl2NO3S/c1-3-17-13(18)11(21-14(17)19)7-8-5-9(15)12(20-4-2)10(16)6-8/h5-7H,3-4H2,1-2H3/b11-7+. The van der Waals surface area contributed by atoms with Gasteiger partial charge in [-0.05, 0) is 49.4 Å². The molecule has 0 bridgehead atoms. The van der Waals surface area contributed by atoms with Gasteiger partial charge >= 0.3 is 0 Å². The number of carbonyl (C=O) groups is 2. The van der Waals surface area contributed by atoms with Crippen molar-refractivity contribution in [3.05, 3.63) is 32.6 Å². The SMILES string of the molecule is CCOc1c(Cl)cc(/C=C2/SC(=O)N(CC)C2=O)cc1Cl. The molecule has 0 atom stereocenters. The molecule has 21 heavy (non-hydrogen) atoms. The summed E-state index contributed by atoms with van der Waals surface area (Å²) in [5.74, 6) is 0.119. The molecule has 0 saturated carbocycles. The van der Waals surface area contributed by atoms with Crippen molar-refractivity contribution in [3.63, 3.8) is 0 Å². The van der Waals surface area contributed by atoms with Gasteiger partial charge in [0.2, 0.25) is 0 Å². The Morgan fingerprint density at radius 1 is 1.24 bits per heavy atom. The number of amides is 2. The minimum absolute atomic E-state index is 0.267. The van der Waals surface area contributed by atoms with Gasteiger partial charge in [0.15, 0.2) is 5.75 Å². The van der Waals surface area contributed by atoms with Gasteiger partial charge < -0.3 is 4.74 Å². The van der Waals surface area contributed by atoms with Gasteiger partial charge in [-0.15, -0.1) is 0 Å². The number of rotatable bonds is 4. The first-order valence-corrected chi connectivity index (χ1v) is 7.92. The zero-order valence-electron chi connectivity index (χ0n) is 11.5. The molecule has 1 fully saturated rings. The zero-order chi connectivity index (χ0) is 15.6. The van der Waals surface area contributed by atoms with E-state index in [0.29, 0.717) is 39.4 Å². The molecule has 1 aliphatic rings. The zero-order valence-corrected chi connectivity index (χ0v) is 13.8. The van der Waals surface area contributed by atoms with Crippen LogP contribution in [-0.2, 0) is 4.79 Å². The van der Waals surface area contributed by atoms with Crippen LogP contribution in [0.15, 0.2) is 17.0 Å². The molecule has 4 nitrogen and oxygen atoms in total. The lowest BCUT2D eigenvalue weighted by molar-refractivity contribution is -0.122. The van der Waals surface area contributed by atoms with Crippen molar-refractivity contribution in [2.24, 2.45) is 0 Å². The van der Waals surface area contributed by atoms with Crippen LogP contribution in [-0.4, -0.2) is 29.2 Å². The molecule has 0 aliphatic carbocycles. The van der Waals surface area contributed by atoms with Gasteiger partial charge in [-0.3, -0.25) is 14.5 Å². The summed E-state index contributed by atoms with van der Waals surface area (Å²) in [6.45, 7) is 4.40. The first-order chi connectivity index (χ1) is 9.97. The van der Waals surface area contributed by atoms with E-state index in [4.69, 9.17) is 27.9 Å². The monoisotopic (exact) mass is 345 g/mol. The van der Waals surface area contributed by atoms with Crippen LogP contribution in [0.3, 0.4) is 0 Å². The third-order valence-electron chi connectivity index (χ3n) is 2.80. The van der Waals surface area contributed by atoms with E-state index in [9.17, 15) is 9.59 Å². The predicted molar refractivity (Wildman–Crippen MR) is 86.0 cm³/mol. The molecule has 1 heterocycles. The molecular formula is C14H13Cl2NO3S. The summed E-state index contributed by atoms with van der Waals surface area (Å²) in [5.41, 5.74) is 0.648. The maximum Gasteiger partial charge on any atom is 0.293 e. The summed E-state index contributed by atoms with van der Waals surface area (Å²) < 4.78 is 5.35. The summed E-state index contributed by atoms with van der Waals surface area (Å²) in [6.07, 6.45) is 1.61. The summed E-state index contributed by atoms with van der Waals surface area (Å²) in [7, 11) is 0. The van der Waals surface area contributed by atoms with Crippen molar-refractivity contribution in [2.45, 2.75) is 13.8 Å². The lowest BCUT2D eigenvalue weighted by Gasteiger charge is -2.09. The van der Waals surface area contributed by atoms with Gasteiger partial charge in [0.1, 0.15) is 0 Å². The highest BCUT2D eigenvalue weighted by atomic mass is 35.5. The van der Waals surface area contributed by atoms with E-state index >= 15 is 0 Å². The number of hydrogen-bond acceptors (Lipinski definition) is 4. The van der Waals surface area contributed by atoms with Crippen LogP contribution in [0.2, 0.25) is 10.0 Å². The van der Waals surface area contributed by atoms with Crippen LogP contribution in [0.5, 0.6) is 5.75 Å². The fourth-order valence-electron chi connectivity index (χ4n) is 1.87. The van der Waals surface area contributed by atoms with E-state index in [2.05, 4.69) is 0 Å². The van der Waals surface area contributed by atoms with Crippen LogP contribution >= 0.6 is 35.0 Å². The molecule has 0 unspecified atom stereocenters. The number of ether oxygens (including phenoxy) is 1. The normalized spacial score (nSPS) is 17.0.